The highest BCUT2D eigenvalue weighted by Crippen LogP contribution is 2.29. The van der Waals surface area contributed by atoms with Crippen molar-refractivity contribution in [3.8, 4) is 0 Å². The average molecular weight is 294 g/mol. The Morgan fingerprint density at radius 3 is 2.36 bits per heavy atom. The van der Waals surface area contributed by atoms with Gasteiger partial charge in [0.05, 0.1) is 17.3 Å². The second-order valence-electron chi connectivity index (χ2n) is 5.83. The second-order valence-corrected chi connectivity index (χ2v) is 5.83. The van der Waals surface area contributed by atoms with Crippen LogP contribution < -0.4 is 10.2 Å². The Morgan fingerprint density at radius 2 is 1.64 bits per heavy atom. The van der Waals surface area contributed by atoms with Gasteiger partial charge in [-0.15, -0.1) is 0 Å². The molecular weight excluding hydrogens is 272 g/mol. The van der Waals surface area contributed by atoms with E-state index in [4.69, 9.17) is 0 Å². The van der Waals surface area contributed by atoms with Crippen LogP contribution in [0, 0.1) is 0 Å². The van der Waals surface area contributed by atoms with Crippen LogP contribution in [0.25, 0.3) is 0 Å². The van der Waals surface area contributed by atoms with Crippen molar-refractivity contribution in [2.45, 2.75) is 25.7 Å². The molecule has 22 heavy (non-hydrogen) atoms. The van der Waals surface area contributed by atoms with E-state index in [2.05, 4.69) is 16.3 Å². The lowest BCUT2D eigenvalue weighted by Crippen LogP contribution is -2.23. The van der Waals surface area contributed by atoms with E-state index in [1.807, 2.05) is 55.5 Å². The Bertz CT molecular complexity index is 633. The minimum Gasteiger partial charge on any atom is -0.370 e. The number of benzene rings is 2. The van der Waals surface area contributed by atoms with Gasteiger partial charge in [-0.05, 0) is 37.5 Å². The van der Waals surface area contributed by atoms with Crippen molar-refractivity contribution < 1.29 is 4.79 Å². The van der Waals surface area contributed by atoms with Crippen molar-refractivity contribution in [1.82, 2.24) is 0 Å². The molecule has 1 heterocycles. The Kier molecular flexibility index (Phi) is 4.42. The molecule has 0 saturated carbocycles. The van der Waals surface area contributed by atoms with Crippen LogP contribution in [0.1, 0.15) is 31.2 Å². The van der Waals surface area contributed by atoms with Crippen molar-refractivity contribution in [3.05, 3.63) is 60.2 Å². The summed E-state index contributed by atoms with van der Waals surface area (Å²) in [6.45, 7) is 4.09. The smallest absolute Gasteiger partial charge is 0.231 e. The summed E-state index contributed by atoms with van der Waals surface area (Å²) < 4.78 is 0. The number of hydrogen-bond acceptors (Lipinski definition) is 2. The largest absolute Gasteiger partial charge is 0.370 e. The van der Waals surface area contributed by atoms with Crippen LogP contribution in [0.3, 0.4) is 0 Å². The molecule has 2 aromatic carbocycles. The first kappa shape index (κ1) is 14.6. The van der Waals surface area contributed by atoms with Crippen molar-refractivity contribution in [3.63, 3.8) is 0 Å². The highest BCUT2D eigenvalue weighted by molar-refractivity contribution is 5.98. The molecule has 0 aromatic heterocycles. The monoisotopic (exact) mass is 294 g/mol. The maximum absolute atomic E-state index is 12.6. The number of nitrogens with one attached hydrogen (secondary N) is 1. The highest BCUT2D eigenvalue weighted by atomic mass is 16.1. The van der Waals surface area contributed by atoms with Gasteiger partial charge >= 0.3 is 0 Å². The van der Waals surface area contributed by atoms with Crippen molar-refractivity contribution in [1.29, 1.82) is 0 Å². The van der Waals surface area contributed by atoms with Crippen LogP contribution in [-0.2, 0) is 4.79 Å². The van der Waals surface area contributed by atoms with Gasteiger partial charge in [-0.2, -0.15) is 0 Å². The zero-order valence-electron chi connectivity index (χ0n) is 13.0. The van der Waals surface area contributed by atoms with Gasteiger partial charge in [-0.25, -0.2) is 0 Å². The molecule has 1 aliphatic rings. The number of amides is 1. The standard InChI is InChI=1S/C19H22N2O/c1-15(16-9-3-2-4-10-16)19(22)20-17-11-5-6-12-18(17)21-13-7-8-14-21/h2-6,9-12,15H,7-8,13-14H2,1H3,(H,20,22)/t15-/m0/s1. The summed E-state index contributed by atoms with van der Waals surface area (Å²) in [7, 11) is 0. The van der Waals surface area contributed by atoms with E-state index in [0.29, 0.717) is 0 Å². The summed E-state index contributed by atoms with van der Waals surface area (Å²) in [4.78, 5) is 14.9. The zero-order chi connectivity index (χ0) is 15.4. The van der Waals surface area contributed by atoms with Crippen LogP contribution in [0.15, 0.2) is 54.6 Å². The molecule has 3 nitrogen and oxygen atoms in total. The number of nitrogens with zero attached hydrogens (tertiary/aromatic N) is 1. The van der Waals surface area contributed by atoms with Gasteiger partial charge in [0.2, 0.25) is 5.91 Å². The van der Waals surface area contributed by atoms with E-state index >= 15 is 0 Å². The Morgan fingerprint density at radius 1 is 1.00 bits per heavy atom. The number of rotatable bonds is 4. The van der Waals surface area contributed by atoms with Gasteiger partial charge in [0.25, 0.3) is 0 Å². The summed E-state index contributed by atoms with van der Waals surface area (Å²) in [6, 6.07) is 18.0. The first-order valence-electron chi connectivity index (χ1n) is 7.95. The summed E-state index contributed by atoms with van der Waals surface area (Å²) in [6.07, 6.45) is 2.45. The molecule has 0 aliphatic carbocycles. The summed E-state index contributed by atoms with van der Waals surface area (Å²) in [5.74, 6) is -0.120. The number of hydrogen-bond donors (Lipinski definition) is 1. The minimum atomic E-state index is -0.159. The summed E-state index contributed by atoms with van der Waals surface area (Å²) in [5.41, 5.74) is 3.09. The predicted molar refractivity (Wildman–Crippen MR) is 91.4 cm³/mol. The lowest BCUT2D eigenvalue weighted by molar-refractivity contribution is -0.117. The van der Waals surface area contributed by atoms with E-state index < -0.39 is 0 Å². The lowest BCUT2D eigenvalue weighted by Gasteiger charge is -2.22. The van der Waals surface area contributed by atoms with Crippen LogP contribution in [0.5, 0.6) is 0 Å². The number of para-hydroxylation sites is 2. The maximum Gasteiger partial charge on any atom is 0.231 e. The third kappa shape index (κ3) is 3.14. The molecule has 114 valence electrons. The topological polar surface area (TPSA) is 32.3 Å². The maximum atomic E-state index is 12.6. The molecule has 3 heteroatoms. The molecular formula is C19H22N2O. The van der Waals surface area contributed by atoms with Gasteiger partial charge in [0, 0.05) is 13.1 Å². The molecule has 0 radical (unpaired) electrons. The van der Waals surface area contributed by atoms with Gasteiger partial charge < -0.3 is 10.2 Å². The Balaban J connectivity index is 1.77. The summed E-state index contributed by atoms with van der Waals surface area (Å²) in [5, 5.41) is 3.11. The van der Waals surface area contributed by atoms with Crippen LogP contribution in [0.4, 0.5) is 11.4 Å². The molecule has 2 aromatic rings. The molecule has 0 unspecified atom stereocenters. The lowest BCUT2D eigenvalue weighted by atomic mass is 10.0. The zero-order valence-corrected chi connectivity index (χ0v) is 13.0. The average Bonchev–Trinajstić information content (AvgIpc) is 3.10. The Hall–Kier alpha value is -2.29. The number of carbonyl (C=O) groups excluding carboxylic acids is 1. The molecule has 1 aliphatic heterocycles. The van der Waals surface area contributed by atoms with E-state index in [1.54, 1.807) is 0 Å². The number of carbonyl (C=O) groups is 1. The SMILES string of the molecule is C[C@H](C(=O)Nc1ccccc1N1CCCC1)c1ccccc1. The van der Waals surface area contributed by atoms with Gasteiger partial charge in [-0.3, -0.25) is 4.79 Å². The molecule has 0 spiro atoms. The van der Waals surface area contributed by atoms with Crippen LogP contribution >= 0.6 is 0 Å². The third-order valence-electron chi connectivity index (χ3n) is 4.30. The van der Waals surface area contributed by atoms with Crippen molar-refractivity contribution >= 4 is 17.3 Å². The molecule has 0 bridgehead atoms. The van der Waals surface area contributed by atoms with Gasteiger partial charge in [0.1, 0.15) is 0 Å². The van der Waals surface area contributed by atoms with Crippen molar-refractivity contribution in [2.24, 2.45) is 0 Å². The van der Waals surface area contributed by atoms with Crippen LogP contribution in [0.2, 0.25) is 0 Å². The Labute approximate surface area is 132 Å². The van der Waals surface area contributed by atoms with E-state index in [0.717, 1.165) is 30.0 Å². The van der Waals surface area contributed by atoms with E-state index in [-0.39, 0.29) is 11.8 Å². The quantitative estimate of drug-likeness (QED) is 0.923. The van der Waals surface area contributed by atoms with Gasteiger partial charge in [0.15, 0.2) is 0 Å². The molecule has 3 rings (SSSR count). The number of anilines is 2. The minimum absolute atomic E-state index is 0.0397. The molecule has 1 amide bonds. The fourth-order valence-corrected chi connectivity index (χ4v) is 2.95. The highest BCUT2D eigenvalue weighted by Gasteiger charge is 2.19. The third-order valence-corrected chi connectivity index (χ3v) is 4.30. The van der Waals surface area contributed by atoms with E-state index in [9.17, 15) is 4.79 Å². The molecule has 1 atom stereocenters. The fourth-order valence-electron chi connectivity index (χ4n) is 2.95. The predicted octanol–water partition coefficient (Wildman–Crippen LogP) is 4.03. The molecule has 1 fully saturated rings. The van der Waals surface area contributed by atoms with Gasteiger partial charge in [-0.1, -0.05) is 42.5 Å². The fraction of sp³-hybridized carbons (Fsp3) is 0.316. The van der Waals surface area contributed by atoms with Crippen molar-refractivity contribution in [2.75, 3.05) is 23.3 Å². The summed E-state index contributed by atoms with van der Waals surface area (Å²) >= 11 is 0. The first-order valence-corrected chi connectivity index (χ1v) is 7.95. The molecule has 1 saturated heterocycles. The van der Waals surface area contributed by atoms with Crippen LogP contribution in [-0.4, -0.2) is 19.0 Å². The normalized spacial score (nSPS) is 15.6. The first-order chi connectivity index (χ1) is 10.8. The molecule has 1 N–H and O–H groups in total. The second kappa shape index (κ2) is 6.65. The van der Waals surface area contributed by atoms with E-state index in [1.165, 1.54) is 12.8 Å².